The fourth-order valence-corrected chi connectivity index (χ4v) is 2.83. The minimum Gasteiger partial charge on any atom is -0.492 e. The molecule has 0 aliphatic rings. The molecule has 7 heteroatoms. The lowest BCUT2D eigenvalue weighted by Gasteiger charge is -2.10. The minimum atomic E-state index is -0.418. The molecule has 2 aromatic carbocycles. The molecule has 2 rings (SSSR count). The molecule has 2 N–H and O–H groups in total. The van der Waals surface area contributed by atoms with Gasteiger partial charge in [-0.2, -0.15) is 0 Å². The van der Waals surface area contributed by atoms with Gasteiger partial charge in [-0.1, -0.05) is 19.1 Å². The smallest absolute Gasteiger partial charge is 0.270 e. The highest BCUT2D eigenvalue weighted by molar-refractivity contribution is 9.10. The standard InChI is InChI=1S/C17H16Br2N2O3/c1-2-9-24-15-8-7-11(10-14(15)19)16(22)20-21-17(23)12-5-3-4-6-13(12)18/h3-8,10H,2,9H2,1H3,(H,20,22)(H,21,23). The zero-order chi connectivity index (χ0) is 17.5. The Kier molecular flexibility index (Phi) is 6.81. The number of carbonyl (C=O) groups excluding carboxylic acids is 2. The van der Waals surface area contributed by atoms with Crippen molar-refractivity contribution in [2.24, 2.45) is 0 Å². The van der Waals surface area contributed by atoms with Crippen molar-refractivity contribution in [3.05, 3.63) is 62.5 Å². The summed E-state index contributed by atoms with van der Waals surface area (Å²) >= 11 is 6.67. The Labute approximate surface area is 157 Å². The maximum atomic E-state index is 12.1. The molecular formula is C17H16Br2N2O3. The summed E-state index contributed by atoms with van der Waals surface area (Å²) in [5, 5.41) is 0. The van der Waals surface area contributed by atoms with Crippen LogP contribution in [0.25, 0.3) is 0 Å². The number of rotatable bonds is 5. The summed E-state index contributed by atoms with van der Waals surface area (Å²) < 4.78 is 6.87. The van der Waals surface area contributed by atoms with Crippen molar-refractivity contribution in [3.8, 4) is 5.75 Å². The van der Waals surface area contributed by atoms with Crippen LogP contribution >= 0.6 is 31.9 Å². The zero-order valence-corrected chi connectivity index (χ0v) is 16.1. The minimum absolute atomic E-state index is 0.401. The summed E-state index contributed by atoms with van der Waals surface area (Å²) in [7, 11) is 0. The summed E-state index contributed by atoms with van der Waals surface area (Å²) in [5.74, 6) is -0.151. The number of hydrogen-bond acceptors (Lipinski definition) is 3. The molecule has 0 saturated heterocycles. The first-order chi connectivity index (χ1) is 11.5. The van der Waals surface area contributed by atoms with Gasteiger partial charge in [0.05, 0.1) is 16.6 Å². The number of hydrogen-bond donors (Lipinski definition) is 2. The van der Waals surface area contributed by atoms with Crippen LogP contribution in [0.2, 0.25) is 0 Å². The Morgan fingerprint density at radius 2 is 1.71 bits per heavy atom. The monoisotopic (exact) mass is 454 g/mol. The van der Waals surface area contributed by atoms with Gasteiger partial charge in [0, 0.05) is 10.0 Å². The lowest BCUT2D eigenvalue weighted by Crippen LogP contribution is -2.41. The number of ether oxygens (including phenoxy) is 1. The number of benzene rings is 2. The SMILES string of the molecule is CCCOc1ccc(C(=O)NNC(=O)c2ccccc2Br)cc1Br. The molecule has 0 spiro atoms. The number of nitrogens with one attached hydrogen (secondary N) is 2. The molecule has 0 bridgehead atoms. The number of hydrazine groups is 1. The molecule has 0 atom stereocenters. The Bertz CT molecular complexity index is 750. The van der Waals surface area contributed by atoms with Gasteiger partial charge in [0.15, 0.2) is 0 Å². The molecule has 0 aliphatic carbocycles. The van der Waals surface area contributed by atoms with E-state index in [0.29, 0.717) is 32.4 Å². The quantitative estimate of drug-likeness (QED) is 0.667. The molecule has 0 heterocycles. The predicted molar refractivity (Wildman–Crippen MR) is 99.0 cm³/mol. The van der Waals surface area contributed by atoms with Crippen LogP contribution in [0.15, 0.2) is 51.4 Å². The third-order valence-electron chi connectivity index (χ3n) is 3.06. The van der Waals surface area contributed by atoms with Crippen LogP contribution in [0.3, 0.4) is 0 Å². The molecule has 2 aromatic rings. The van der Waals surface area contributed by atoms with Crippen LogP contribution in [-0.2, 0) is 0 Å². The van der Waals surface area contributed by atoms with Gasteiger partial charge in [-0.15, -0.1) is 0 Å². The van der Waals surface area contributed by atoms with E-state index >= 15 is 0 Å². The molecule has 0 fully saturated rings. The highest BCUT2D eigenvalue weighted by atomic mass is 79.9. The van der Waals surface area contributed by atoms with Crippen LogP contribution < -0.4 is 15.6 Å². The summed E-state index contributed by atoms with van der Waals surface area (Å²) in [4.78, 5) is 24.2. The molecule has 5 nitrogen and oxygen atoms in total. The van der Waals surface area contributed by atoms with Crippen molar-refractivity contribution in [1.82, 2.24) is 10.9 Å². The fraction of sp³-hybridized carbons (Fsp3) is 0.176. The zero-order valence-electron chi connectivity index (χ0n) is 12.9. The first kappa shape index (κ1) is 18.5. The lowest BCUT2D eigenvalue weighted by molar-refractivity contribution is 0.0846. The first-order valence-corrected chi connectivity index (χ1v) is 8.89. The van der Waals surface area contributed by atoms with E-state index in [2.05, 4.69) is 42.7 Å². The van der Waals surface area contributed by atoms with E-state index in [1.54, 1.807) is 42.5 Å². The van der Waals surface area contributed by atoms with E-state index in [4.69, 9.17) is 4.74 Å². The molecular weight excluding hydrogens is 440 g/mol. The van der Waals surface area contributed by atoms with Crippen molar-refractivity contribution >= 4 is 43.7 Å². The summed E-state index contributed by atoms with van der Waals surface area (Å²) in [6, 6.07) is 11.9. The van der Waals surface area contributed by atoms with Gasteiger partial charge in [0.1, 0.15) is 5.75 Å². The van der Waals surface area contributed by atoms with Gasteiger partial charge in [0.2, 0.25) is 0 Å². The third-order valence-corrected chi connectivity index (χ3v) is 4.38. The van der Waals surface area contributed by atoms with Crippen LogP contribution in [0.5, 0.6) is 5.75 Å². The Morgan fingerprint density at radius 1 is 1.00 bits per heavy atom. The van der Waals surface area contributed by atoms with Crippen molar-refractivity contribution in [3.63, 3.8) is 0 Å². The Morgan fingerprint density at radius 3 is 2.38 bits per heavy atom. The molecule has 2 amide bonds. The van der Waals surface area contributed by atoms with E-state index in [0.717, 1.165) is 6.42 Å². The van der Waals surface area contributed by atoms with Gasteiger partial charge < -0.3 is 4.74 Å². The molecule has 0 saturated carbocycles. The average molecular weight is 456 g/mol. The summed E-state index contributed by atoms with van der Waals surface area (Å²) in [6.45, 7) is 2.62. The lowest BCUT2D eigenvalue weighted by atomic mass is 10.2. The second-order valence-electron chi connectivity index (χ2n) is 4.88. The van der Waals surface area contributed by atoms with Crippen LogP contribution in [-0.4, -0.2) is 18.4 Å². The summed E-state index contributed by atoms with van der Waals surface area (Å²) in [5.41, 5.74) is 5.62. The second-order valence-corrected chi connectivity index (χ2v) is 6.59. The number of halogens is 2. The maximum Gasteiger partial charge on any atom is 0.270 e. The van der Waals surface area contributed by atoms with Crippen LogP contribution in [0.1, 0.15) is 34.1 Å². The van der Waals surface area contributed by atoms with Crippen LogP contribution in [0, 0.1) is 0 Å². The molecule has 0 aromatic heterocycles. The normalized spacial score (nSPS) is 10.1. The highest BCUT2D eigenvalue weighted by Gasteiger charge is 2.12. The molecule has 24 heavy (non-hydrogen) atoms. The maximum absolute atomic E-state index is 12.1. The van der Waals surface area contributed by atoms with E-state index in [1.807, 2.05) is 6.92 Å². The van der Waals surface area contributed by atoms with E-state index < -0.39 is 11.8 Å². The topological polar surface area (TPSA) is 67.4 Å². The molecule has 0 aliphatic heterocycles. The molecule has 0 unspecified atom stereocenters. The van der Waals surface area contributed by atoms with Crippen molar-refractivity contribution < 1.29 is 14.3 Å². The highest BCUT2D eigenvalue weighted by Crippen LogP contribution is 2.26. The average Bonchev–Trinajstić information content (AvgIpc) is 2.58. The van der Waals surface area contributed by atoms with E-state index in [1.165, 1.54) is 0 Å². The molecule has 126 valence electrons. The first-order valence-electron chi connectivity index (χ1n) is 7.30. The van der Waals surface area contributed by atoms with Crippen molar-refractivity contribution in [2.45, 2.75) is 13.3 Å². The largest absolute Gasteiger partial charge is 0.492 e. The van der Waals surface area contributed by atoms with Crippen molar-refractivity contribution in [1.29, 1.82) is 0 Å². The van der Waals surface area contributed by atoms with Crippen LogP contribution in [0.4, 0.5) is 0 Å². The fourth-order valence-electron chi connectivity index (χ4n) is 1.87. The van der Waals surface area contributed by atoms with Gasteiger partial charge in [0.25, 0.3) is 11.8 Å². The van der Waals surface area contributed by atoms with Gasteiger partial charge >= 0.3 is 0 Å². The summed E-state index contributed by atoms with van der Waals surface area (Å²) in [6.07, 6.45) is 0.899. The van der Waals surface area contributed by atoms with Gasteiger partial charge in [-0.25, -0.2) is 0 Å². The number of carbonyl (C=O) groups is 2. The second kappa shape index (κ2) is 8.84. The van der Waals surface area contributed by atoms with Gasteiger partial charge in [-0.05, 0) is 68.6 Å². The number of amides is 2. The van der Waals surface area contributed by atoms with Crippen molar-refractivity contribution in [2.75, 3.05) is 6.61 Å². The molecule has 0 radical (unpaired) electrons. The van der Waals surface area contributed by atoms with Gasteiger partial charge in [-0.3, -0.25) is 20.4 Å². The van der Waals surface area contributed by atoms with E-state index in [-0.39, 0.29) is 0 Å². The Hall–Kier alpha value is -1.86. The third kappa shape index (κ3) is 4.82. The predicted octanol–water partition coefficient (Wildman–Crippen LogP) is 4.08. The van der Waals surface area contributed by atoms with E-state index in [9.17, 15) is 9.59 Å². The Balaban J connectivity index is 1.99.